The molecular weight excluding hydrogens is 437 g/mol. The summed E-state index contributed by atoms with van der Waals surface area (Å²) in [5, 5.41) is 17.6. The number of thioether (sulfide) groups is 1. The van der Waals surface area contributed by atoms with Gasteiger partial charge in [0.1, 0.15) is 11.6 Å². The van der Waals surface area contributed by atoms with Crippen molar-refractivity contribution in [2.24, 2.45) is 0 Å². The van der Waals surface area contributed by atoms with Crippen LogP contribution in [0.25, 0.3) is 17.3 Å². The summed E-state index contributed by atoms with van der Waals surface area (Å²) >= 11 is 1.46. The first kappa shape index (κ1) is 24.3. The molecule has 0 fully saturated rings. The number of nitrogens with zero attached hydrogens (tertiary/aromatic N) is 2. The summed E-state index contributed by atoms with van der Waals surface area (Å²) in [6.45, 7) is 7.76. The number of phenols is 1. The van der Waals surface area contributed by atoms with Crippen molar-refractivity contribution in [3.63, 3.8) is 0 Å². The zero-order chi connectivity index (χ0) is 24.0. The molecule has 1 atom stereocenters. The smallest absolute Gasteiger partial charge is 0.252 e. The molecule has 2 aromatic carbocycles. The number of aromatic hydroxyl groups is 1. The highest BCUT2D eigenvalue weighted by Gasteiger charge is 2.22. The highest BCUT2D eigenvalue weighted by atomic mass is 32.2. The number of hydrogen-bond donors (Lipinski definition) is 2. The lowest BCUT2D eigenvalue weighted by Crippen LogP contribution is -2.29. The number of benzene rings is 2. The van der Waals surface area contributed by atoms with Crippen LogP contribution in [-0.2, 0) is 4.79 Å². The van der Waals surface area contributed by atoms with Gasteiger partial charge in [0.05, 0.1) is 23.6 Å². The summed E-state index contributed by atoms with van der Waals surface area (Å²) in [6, 6.07) is 11.2. The Hall–Kier alpha value is -3.32. The van der Waals surface area contributed by atoms with Gasteiger partial charge in [-0.3, -0.25) is 4.79 Å². The van der Waals surface area contributed by atoms with Gasteiger partial charge in [0.2, 0.25) is 0 Å². The van der Waals surface area contributed by atoms with Gasteiger partial charge in [-0.05, 0) is 67.6 Å². The normalized spacial score (nSPS) is 12.4. The zero-order valence-electron chi connectivity index (χ0n) is 19.0. The molecule has 3 aromatic rings. The maximum absolute atomic E-state index is 13.4. The van der Waals surface area contributed by atoms with Gasteiger partial charge in [-0.2, -0.15) is 5.10 Å². The molecule has 1 amide bonds. The van der Waals surface area contributed by atoms with Crippen molar-refractivity contribution in [3.8, 4) is 11.4 Å². The van der Waals surface area contributed by atoms with Gasteiger partial charge in [0, 0.05) is 16.0 Å². The Morgan fingerprint density at radius 1 is 1.30 bits per heavy atom. The summed E-state index contributed by atoms with van der Waals surface area (Å²) < 4.78 is 15.0. The number of aromatic nitrogens is 2. The fourth-order valence-electron chi connectivity index (χ4n) is 3.72. The molecule has 0 aliphatic heterocycles. The van der Waals surface area contributed by atoms with Crippen molar-refractivity contribution in [2.45, 2.75) is 37.6 Å². The highest BCUT2D eigenvalue weighted by Crippen LogP contribution is 2.31. The number of phenolic OH excluding ortho intramolecular Hbond substituents is 1. The molecule has 1 aromatic heterocycles. The fourth-order valence-corrected chi connectivity index (χ4v) is 4.25. The van der Waals surface area contributed by atoms with E-state index in [2.05, 4.69) is 23.9 Å². The second-order valence-corrected chi connectivity index (χ2v) is 8.33. The first-order valence-electron chi connectivity index (χ1n) is 10.7. The van der Waals surface area contributed by atoms with E-state index in [1.807, 2.05) is 18.4 Å². The maximum atomic E-state index is 13.4. The lowest BCUT2D eigenvalue weighted by Gasteiger charge is -2.20. The Morgan fingerprint density at radius 3 is 2.64 bits per heavy atom. The van der Waals surface area contributed by atoms with Crippen LogP contribution in [0.5, 0.6) is 5.75 Å². The van der Waals surface area contributed by atoms with E-state index in [9.17, 15) is 14.3 Å². The van der Waals surface area contributed by atoms with E-state index in [1.54, 1.807) is 48.2 Å². The van der Waals surface area contributed by atoms with Crippen LogP contribution >= 0.6 is 11.8 Å². The molecule has 0 aliphatic carbocycles. The van der Waals surface area contributed by atoms with Crippen LogP contribution in [0.15, 0.2) is 66.2 Å². The molecule has 0 saturated heterocycles. The van der Waals surface area contributed by atoms with Gasteiger partial charge >= 0.3 is 0 Å². The average Bonchev–Trinajstić information content (AvgIpc) is 3.23. The second-order valence-electron chi connectivity index (χ2n) is 7.48. The van der Waals surface area contributed by atoms with Crippen molar-refractivity contribution in [1.29, 1.82) is 0 Å². The molecule has 0 saturated carbocycles. The molecule has 0 bridgehead atoms. The minimum absolute atomic E-state index is 0.205. The van der Waals surface area contributed by atoms with Crippen LogP contribution in [0, 0.1) is 5.82 Å². The van der Waals surface area contributed by atoms with Crippen molar-refractivity contribution >= 4 is 29.3 Å². The molecule has 0 radical (unpaired) electrons. The SMILES string of the molecule is C=Cc1c(/C(=C\C)C(=O)N[C@H](CCC)c2ccc(O)c(SC)c2)cnn1-c1ccc(F)cc1. The Labute approximate surface area is 198 Å². The lowest BCUT2D eigenvalue weighted by molar-refractivity contribution is -0.116. The van der Waals surface area contributed by atoms with Gasteiger partial charge in [-0.25, -0.2) is 9.07 Å². The Balaban J connectivity index is 1.92. The third-order valence-corrected chi connectivity index (χ3v) is 6.15. The number of nitrogens with one attached hydrogen (secondary N) is 1. The molecule has 33 heavy (non-hydrogen) atoms. The van der Waals surface area contributed by atoms with Crippen LogP contribution in [0.2, 0.25) is 0 Å². The monoisotopic (exact) mass is 465 g/mol. The minimum atomic E-state index is -0.333. The topological polar surface area (TPSA) is 67.2 Å². The van der Waals surface area contributed by atoms with Crippen molar-refractivity contribution < 1.29 is 14.3 Å². The Kier molecular flexibility index (Phi) is 8.11. The molecule has 0 aliphatic rings. The summed E-state index contributed by atoms with van der Waals surface area (Å²) in [5.41, 5.74) is 3.37. The number of halogens is 1. The van der Waals surface area contributed by atoms with Gasteiger partial charge < -0.3 is 10.4 Å². The standard InChI is InChI=1S/C26H28FN3O2S/c1-5-8-22(17-9-14-24(31)25(15-17)33-4)29-26(32)20(6-2)21-16-28-30(23(21)7-3)19-12-10-18(27)11-13-19/h6-7,9-16,22,31H,3,5,8H2,1-2,4H3,(H,29,32)/b20-6+/t22-/m1/s1. The van der Waals surface area contributed by atoms with Crippen molar-refractivity contribution in [3.05, 3.63) is 84.0 Å². The predicted octanol–water partition coefficient (Wildman–Crippen LogP) is 6.14. The molecule has 7 heteroatoms. The van der Waals surface area contributed by atoms with Crippen LogP contribution in [-0.4, -0.2) is 27.0 Å². The van der Waals surface area contributed by atoms with E-state index in [4.69, 9.17) is 0 Å². The van der Waals surface area contributed by atoms with E-state index in [-0.39, 0.29) is 23.5 Å². The number of carbonyl (C=O) groups excluding carboxylic acids is 1. The minimum Gasteiger partial charge on any atom is -0.507 e. The molecule has 0 unspecified atom stereocenters. The number of rotatable bonds is 9. The maximum Gasteiger partial charge on any atom is 0.252 e. The summed E-state index contributed by atoms with van der Waals surface area (Å²) in [5.74, 6) is -0.331. The zero-order valence-corrected chi connectivity index (χ0v) is 19.8. The molecule has 1 heterocycles. The first-order chi connectivity index (χ1) is 15.9. The summed E-state index contributed by atoms with van der Waals surface area (Å²) in [7, 11) is 0. The van der Waals surface area contributed by atoms with Crippen LogP contribution in [0.4, 0.5) is 4.39 Å². The number of allylic oxidation sites excluding steroid dienone is 1. The second kappa shape index (κ2) is 11.0. The average molecular weight is 466 g/mol. The van der Waals surface area contributed by atoms with Gasteiger partial charge in [-0.1, -0.05) is 32.1 Å². The van der Waals surface area contributed by atoms with E-state index in [0.717, 1.165) is 23.3 Å². The third-order valence-electron chi connectivity index (χ3n) is 5.38. The third kappa shape index (κ3) is 5.37. The van der Waals surface area contributed by atoms with Gasteiger partial charge in [0.15, 0.2) is 0 Å². The van der Waals surface area contributed by atoms with Gasteiger partial charge in [-0.15, -0.1) is 11.8 Å². The molecule has 0 spiro atoms. The molecular formula is C26H28FN3O2S. The Bertz CT molecular complexity index is 1170. The van der Waals surface area contributed by atoms with Crippen LogP contribution < -0.4 is 5.32 Å². The quantitative estimate of drug-likeness (QED) is 0.294. The first-order valence-corrected chi connectivity index (χ1v) is 12.0. The van der Waals surface area contributed by atoms with E-state index in [1.165, 1.54) is 23.9 Å². The van der Waals surface area contributed by atoms with Crippen molar-refractivity contribution in [1.82, 2.24) is 15.1 Å². The summed E-state index contributed by atoms with van der Waals surface area (Å²) in [4.78, 5) is 14.1. The molecule has 172 valence electrons. The number of hydrogen-bond acceptors (Lipinski definition) is 4. The molecule has 5 nitrogen and oxygen atoms in total. The van der Waals surface area contributed by atoms with Crippen molar-refractivity contribution in [2.75, 3.05) is 6.26 Å². The van der Waals surface area contributed by atoms with Crippen LogP contribution in [0.1, 0.15) is 49.6 Å². The molecule has 3 rings (SSSR count). The number of carbonyl (C=O) groups is 1. The predicted molar refractivity (Wildman–Crippen MR) is 133 cm³/mol. The van der Waals surface area contributed by atoms with Gasteiger partial charge in [0.25, 0.3) is 5.91 Å². The number of amides is 1. The van der Waals surface area contributed by atoms with E-state index < -0.39 is 0 Å². The molecule has 2 N–H and O–H groups in total. The highest BCUT2D eigenvalue weighted by molar-refractivity contribution is 7.98. The largest absolute Gasteiger partial charge is 0.507 e. The van der Waals surface area contributed by atoms with E-state index in [0.29, 0.717) is 22.5 Å². The summed E-state index contributed by atoms with van der Waals surface area (Å²) in [6.07, 6.45) is 8.55. The fraction of sp³-hybridized carbons (Fsp3) is 0.231. The van der Waals surface area contributed by atoms with Crippen LogP contribution in [0.3, 0.4) is 0 Å². The lowest BCUT2D eigenvalue weighted by atomic mass is 10.00. The Morgan fingerprint density at radius 2 is 2.03 bits per heavy atom. The van der Waals surface area contributed by atoms with E-state index >= 15 is 0 Å².